The van der Waals surface area contributed by atoms with Crippen LogP contribution in [-0.4, -0.2) is 22.5 Å². The minimum atomic E-state index is -0.510. The molecular formula is C19H15ClFN3O2. The van der Waals surface area contributed by atoms with Gasteiger partial charge in [-0.2, -0.15) is 4.98 Å². The molecule has 1 heterocycles. The van der Waals surface area contributed by atoms with Crippen LogP contribution in [0.1, 0.15) is 5.69 Å². The maximum Gasteiger partial charge on any atom is 0.262 e. The number of nitrogens with zero attached hydrogens (tertiary/aromatic N) is 2. The number of para-hydroxylation sites is 1. The summed E-state index contributed by atoms with van der Waals surface area (Å²) < 4.78 is 19.0. The number of nitrogens with one attached hydrogen (secondary N) is 1. The van der Waals surface area contributed by atoms with E-state index >= 15 is 0 Å². The van der Waals surface area contributed by atoms with Gasteiger partial charge in [0.25, 0.3) is 5.91 Å². The number of ether oxygens (including phenoxy) is 1. The molecule has 0 saturated carbocycles. The summed E-state index contributed by atoms with van der Waals surface area (Å²) in [6.07, 6.45) is 0. The van der Waals surface area contributed by atoms with Crippen LogP contribution in [0.15, 0.2) is 54.6 Å². The molecule has 2 aromatic carbocycles. The van der Waals surface area contributed by atoms with Gasteiger partial charge in [-0.25, -0.2) is 9.37 Å². The summed E-state index contributed by atoms with van der Waals surface area (Å²) in [7, 11) is 0. The van der Waals surface area contributed by atoms with Gasteiger partial charge in [0.15, 0.2) is 12.4 Å². The number of aryl methyl sites for hydroxylation is 1. The predicted octanol–water partition coefficient (Wildman–Crippen LogP) is 4.26. The van der Waals surface area contributed by atoms with Crippen molar-refractivity contribution in [2.45, 2.75) is 6.92 Å². The van der Waals surface area contributed by atoms with Gasteiger partial charge in [0.05, 0.1) is 5.69 Å². The van der Waals surface area contributed by atoms with Crippen molar-refractivity contribution in [2.24, 2.45) is 0 Å². The highest BCUT2D eigenvalue weighted by Gasteiger charge is 2.10. The molecule has 5 nitrogen and oxygen atoms in total. The Morgan fingerprint density at radius 1 is 1.15 bits per heavy atom. The topological polar surface area (TPSA) is 64.1 Å². The Kier molecular flexibility index (Phi) is 5.43. The number of hydrogen-bond acceptors (Lipinski definition) is 4. The first-order valence-corrected chi connectivity index (χ1v) is 8.18. The molecule has 1 amide bonds. The van der Waals surface area contributed by atoms with Gasteiger partial charge < -0.3 is 10.1 Å². The molecule has 0 unspecified atom stereocenters. The van der Waals surface area contributed by atoms with E-state index in [9.17, 15) is 9.18 Å². The maximum absolute atomic E-state index is 13.5. The zero-order valence-electron chi connectivity index (χ0n) is 13.9. The summed E-state index contributed by atoms with van der Waals surface area (Å²) >= 11 is 5.89. The van der Waals surface area contributed by atoms with Crippen molar-refractivity contribution in [1.82, 2.24) is 9.97 Å². The second-order valence-corrected chi connectivity index (χ2v) is 5.93. The van der Waals surface area contributed by atoms with E-state index in [2.05, 4.69) is 15.3 Å². The molecule has 1 N–H and O–H groups in total. The van der Waals surface area contributed by atoms with Crippen LogP contribution in [-0.2, 0) is 4.79 Å². The van der Waals surface area contributed by atoms with Crippen molar-refractivity contribution in [1.29, 1.82) is 0 Å². The molecule has 0 aliphatic heterocycles. The Balaban J connectivity index is 1.69. The fraction of sp³-hybridized carbons (Fsp3) is 0.105. The first-order chi connectivity index (χ1) is 12.5. The van der Waals surface area contributed by atoms with Crippen LogP contribution >= 0.6 is 11.6 Å². The number of rotatable bonds is 5. The van der Waals surface area contributed by atoms with E-state index in [1.165, 1.54) is 12.1 Å². The molecule has 0 aliphatic carbocycles. The van der Waals surface area contributed by atoms with Gasteiger partial charge in [0.1, 0.15) is 5.82 Å². The van der Waals surface area contributed by atoms with Gasteiger partial charge in [0, 0.05) is 22.3 Å². The van der Waals surface area contributed by atoms with Crippen LogP contribution in [0.3, 0.4) is 0 Å². The van der Waals surface area contributed by atoms with Crippen molar-refractivity contribution in [2.75, 3.05) is 11.9 Å². The van der Waals surface area contributed by atoms with Crippen LogP contribution < -0.4 is 10.1 Å². The maximum atomic E-state index is 13.5. The highest BCUT2D eigenvalue weighted by Crippen LogP contribution is 2.21. The predicted molar refractivity (Wildman–Crippen MR) is 97.7 cm³/mol. The van der Waals surface area contributed by atoms with Gasteiger partial charge in [0.2, 0.25) is 5.88 Å². The van der Waals surface area contributed by atoms with Crippen molar-refractivity contribution < 1.29 is 13.9 Å². The molecule has 1 aromatic heterocycles. The lowest BCUT2D eigenvalue weighted by atomic mass is 10.2. The van der Waals surface area contributed by atoms with Crippen molar-refractivity contribution >= 4 is 23.2 Å². The number of halogens is 2. The number of aromatic nitrogens is 2. The molecule has 0 bridgehead atoms. The number of anilines is 1. The average molecular weight is 372 g/mol. The Bertz CT molecular complexity index is 932. The Hall–Kier alpha value is -2.99. The molecule has 0 saturated heterocycles. The molecule has 7 heteroatoms. The lowest BCUT2D eigenvalue weighted by Gasteiger charge is -2.09. The highest BCUT2D eigenvalue weighted by atomic mass is 35.5. The molecular weight excluding hydrogens is 357 g/mol. The molecule has 132 valence electrons. The van der Waals surface area contributed by atoms with Gasteiger partial charge in [-0.05, 0) is 43.3 Å². The largest absolute Gasteiger partial charge is 0.467 e. The second kappa shape index (κ2) is 7.93. The molecule has 0 radical (unpaired) electrons. The first kappa shape index (κ1) is 17.8. The molecule has 3 aromatic rings. The summed E-state index contributed by atoms with van der Waals surface area (Å²) in [5.74, 6) is -0.277. The molecule has 0 fully saturated rings. The number of benzene rings is 2. The molecule has 0 aliphatic rings. The van der Waals surface area contributed by atoms with E-state index in [0.29, 0.717) is 16.5 Å². The van der Waals surface area contributed by atoms with Crippen molar-refractivity contribution in [3.05, 3.63) is 71.1 Å². The van der Waals surface area contributed by atoms with E-state index in [-0.39, 0.29) is 18.2 Å². The van der Waals surface area contributed by atoms with E-state index in [4.69, 9.17) is 16.3 Å². The van der Waals surface area contributed by atoms with Crippen LogP contribution in [0.4, 0.5) is 10.1 Å². The monoisotopic (exact) mass is 371 g/mol. The fourth-order valence-corrected chi connectivity index (χ4v) is 2.36. The summed E-state index contributed by atoms with van der Waals surface area (Å²) in [4.78, 5) is 20.6. The first-order valence-electron chi connectivity index (χ1n) is 7.80. The summed E-state index contributed by atoms with van der Waals surface area (Å²) in [5, 5.41) is 3.06. The van der Waals surface area contributed by atoms with Crippen molar-refractivity contribution in [3.63, 3.8) is 0 Å². The lowest BCUT2D eigenvalue weighted by Crippen LogP contribution is -2.21. The van der Waals surface area contributed by atoms with E-state index in [1.54, 1.807) is 49.4 Å². The molecule has 0 atom stereocenters. The molecule has 26 heavy (non-hydrogen) atoms. The number of amides is 1. The third-order valence-electron chi connectivity index (χ3n) is 3.43. The minimum absolute atomic E-state index is 0.0989. The Morgan fingerprint density at radius 3 is 2.62 bits per heavy atom. The fourth-order valence-electron chi connectivity index (χ4n) is 2.23. The van der Waals surface area contributed by atoms with Crippen molar-refractivity contribution in [3.8, 4) is 17.3 Å². The summed E-state index contributed by atoms with van der Waals surface area (Å²) in [6.45, 7) is 1.50. The second-order valence-electron chi connectivity index (χ2n) is 5.49. The standard InChI is InChI=1S/C19H15ClFN3O2/c1-12-10-18(24-19(22-12)13-6-8-14(20)9-7-13)26-11-17(25)23-16-5-3-2-4-15(16)21/h2-10H,11H2,1H3,(H,23,25). The van der Waals surface area contributed by atoms with Crippen LogP contribution in [0.2, 0.25) is 5.02 Å². The van der Waals surface area contributed by atoms with Crippen LogP contribution in [0.5, 0.6) is 5.88 Å². The number of hydrogen-bond donors (Lipinski definition) is 1. The zero-order chi connectivity index (χ0) is 18.5. The normalized spacial score (nSPS) is 10.4. The van der Waals surface area contributed by atoms with Gasteiger partial charge in [-0.3, -0.25) is 4.79 Å². The van der Waals surface area contributed by atoms with E-state index < -0.39 is 11.7 Å². The third kappa shape index (κ3) is 4.55. The SMILES string of the molecule is Cc1cc(OCC(=O)Nc2ccccc2F)nc(-c2ccc(Cl)cc2)n1. The van der Waals surface area contributed by atoms with E-state index in [1.807, 2.05) is 0 Å². The summed E-state index contributed by atoms with van der Waals surface area (Å²) in [5.41, 5.74) is 1.56. The summed E-state index contributed by atoms with van der Waals surface area (Å²) in [6, 6.07) is 14.6. The smallest absolute Gasteiger partial charge is 0.262 e. The van der Waals surface area contributed by atoms with Gasteiger partial charge in [-0.1, -0.05) is 23.7 Å². The van der Waals surface area contributed by atoms with Gasteiger partial charge in [-0.15, -0.1) is 0 Å². The van der Waals surface area contributed by atoms with Crippen LogP contribution in [0.25, 0.3) is 11.4 Å². The zero-order valence-corrected chi connectivity index (χ0v) is 14.6. The molecule has 3 rings (SSSR count). The number of carbonyl (C=O) groups is 1. The quantitative estimate of drug-likeness (QED) is 0.727. The van der Waals surface area contributed by atoms with Gasteiger partial charge >= 0.3 is 0 Å². The minimum Gasteiger partial charge on any atom is -0.467 e. The highest BCUT2D eigenvalue weighted by molar-refractivity contribution is 6.30. The molecule has 0 spiro atoms. The Labute approximate surface area is 154 Å². The number of carbonyl (C=O) groups excluding carboxylic acids is 1. The lowest BCUT2D eigenvalue weighted by molar-refractivity contribution is -0.118. The third-order valence-corrected chi connectivity index (χ3v) is 3.68. The van der Waals surface area contributed by atoms with Crippen LogP contribution in [0, 0.1) is 12.7 Å². The van der Waals surface area contributed by atoms with E-state index in [0.717, 1.165) is 5.56 Å². The average Bonchev–Trinajstić information content (AvgIpc) is 2.62. The Morgan fingerprint density at radius 2 is 1.88 bits per heavy atom.